The second-order valence-corrected chi connectivity index (χ2v) is 16.1. The highest BCUT2D eigenvalue weighted by Gasteiger charge is 2.52. The van der Waals surface area contributed by atoms with E-state index in [1.54, 1.807) is 44.9 Å². The van der Waals surface area contributed by atoms with E-state index >= 15 is 0 Å². The van der Waals surface area contributed by atoms with Crippen LogP contribution in [-0.2, 0) is 0 Å². The number of hydrogen-bond donors (Lipinski definition) is 0. The summed E-state index contributed by atoms with van der Waals surface area (Å²) in [5.41, 5.74) is 2.40. The third kappa shape index (κ3) is 4.80. The van der Waals surface area contributed by atoms with Crippen molar-refractivity contribution in [1.29, 1.82) is 0 Å². The van der Waals surface area contributed by atoms with Crippen LogP contribution in [0.1, 0.15) is 151 Å². The molecule has 0 unspecified atom stereocenters. The lowest BCUT2D eigenvalue weighted by Gasteiger charge is -2.58. The van der Waals surface area contributed by atoms with Gasteiger partial charge in [-0.3, -0.25) is 0 Å². The predicted octanol–water partition coefficient (Wildman–Crippen LogP) is 10.7. The van der Waals surface area contributed by atoms with Crippen molar-refractivity contribution in [2.24, 2.45) is 63.6 Å². The van der Waals surface area contributed by atoms with Gasteiger partial charge in [0, 0.05) is 0 Å². The molecule has 0 aliphatic heterocycles. The average molecular weight is 469 g/mol. The molecule has 8 bridgehead atoms. The zero-order chi connectivity index (χ0) is 24.1. The van der Waals surface area contributed by atoms with Crippen LogP contribution in [0.15, 0.2) is 0 Å². The molecule has 0 aromatic carbocycles. The van der Waals surface area contributed by atoms with Crippen molar-refractivity contribution in [3.05, 3.63) is 0 Å². The van der Waals surface area contributed by atoms with E-state index in [1.165, 1.54) is 64.2 Å². The van der Waals surface area contributed by atoms with Crippen LogP contribution in [0.4, 0.5) is 0 Å². The first-order valence-electron chi connectivity index (χ1n) is 16.1. The Hall–Kier alpha value is 0. The molecule has 0 nitrogen and oxygen atoms in total. The first-order chi connectivity index (χ1) is 16.1. The van der Waals surface area contributed by atoms with Crippen LogP contribution >= 0.6 is 0 Å². The molecule has 0 amide bonds. The molecule has 0 aromatic heterocycles. The summed E-state index contributed by atoms with van der Waals surface area (Å²) in [6.45, 7) is 14.6. The van der Waals surface area contributed by atoms with E-state index < -0.39 is 0 Å². The molecular formula is C34H60. The maximum atomic E-state index is 2.47. The Labute approximate surface area is 214 Å². The number of fused-ring (bicyclic) bond motifs is 5. The quantitative estimate of drug-likeness (QED) is 0.386. The Morgan fingerprint density at radius 3 is 0.971 bits per heavy atom. The Morgan fingerprint density at radius 2 is 0.706 bits per heavy atom. The SMILES string of the molecule is CC(C)C12CC3CC(CC(C3)C1)C2.CC(C)C12CCC(CC1)C2.CC(C)C12CCC(CC1)CC2. The van der Waals surface area contributed by atoms with Gasteiger partial charge in [0.2, 0.25) is 0 Å². The Morgan fingerprint density at radius 1 is 0.382 bits per heavy atom. The Kier molecular flexibility index (Phi) is 7.32. The second kappa shape index (κ2) is 9.71. The molecule has 0 heteroatoms. The topological polar surface area (TPSA) is 0 Å². The fraction of sp³-hybridized carbons (Fsp3) is 1.00. The summed E-state index contributed by atoms with van der Waals surface area (Å²) in [5, 5.41) is 0. The van der Waals surface area contributed by atoms with E-state index in [9.17, 15) is 0 Å². The van der Waals surface area contributed by atoms with Gasteiger partial charge < -0.3 is 0 Å². The van der Waals surface area contributed by atoms with Crippen molar-refractivity contribution in [2.45, 2.75) is 151 Å². The maximum absolute atomic E-state index is 2.47. The standard InChI is InChI=1S/C13H22.C11H20.C10H18/c1-9(2)13-6-10-3-11(7-13)5-12(4-10)8-13;1-9(2)11-6-3-10(4-7-11)5-8-11;1-8(2)10-5-3-9(7-10)4-6-10/h9-12H,3-8H2,1-2H3;9-10H,3-8H2,1-2H3;8-9H,3-7H2,1-2H3. The van der Waals surface area contributed by atoms with Gasteiger partial charge in [-0.15, -0.1) is 0 Å². The van der Waals surface area contributed by atoms with Gasteiger partial charge in [0.1, 0.15) is 0 Å². The summed E-state index contributed by atoms with van der Waals surface area (Å²) in [4.78, 5) is 0. The van der Waals surface area contributed by atoms with Gasteiger partial charge in [0.05, 0.1) is 0 Å². The molecule has 0 radical (unpaired) electrons. The average Bonchev–Trinajstić information content (AvgIpc) is 3.43. The molecule has 0 atom stereocenters. The number of rotatable bonds is 3. The van der Waals surface area contributed by atoms with E-state index in [2.05, 4.69) is 41.5 Å². The lowest BCUT2D eigenvalue weighted by Crippen LogP contribution is -2.48. The Bertz CT molecular complexity index is 615. The van der Waals surface area contributed by atoms with Gasteiger partial charge >= 0.3 is 0 Å². The van der Waals surface area contributed by atoms with Crippen molar-refractivity contribution < 1.29 is 0 Å². The van der Waals surface area contributed by atoms with Crippen LogP contribution in [0.5, 0.6) is 0 Å². The van der Waals surface area contributed by atoms with Crippen molar-refractivity contribution in [3.63, 3.8) is 0 Å². The van der Waals surface area contributed by atoms with Crippen molar-refractivity contribution in [1.82, 2.24) is 0 Å². The van der Waals surface area contributed by atoms with E-state index in [-0.39, 0.29) is 0 Å². The third-order valence-electron chi connectivity index (χ3n) is 13.7. The first-order valence-corrected chi connectivity index (χ1v) is 16.1. The van der Waals surface area contributed by atoms with Gasteiger partial charge in [0.25, 0.3) is 0 Å². The molecule has 0 aromatic rings. The number of hydrogen-bond acceptors (Lipinski definition) is 0. The maximum Gasteiger partial charge on any atom is -0.0267 e. The normalized spacial score (nSPS) is 47.7. The lowest BCUT2D eigenvalue weighted by atomic mass is 9.47. The summed E-state index contributed by atoms with van der Waals surface area (Å²) in [7, 11) is 0. The highest BCUT2D eigenvalue weighted by Crippen LogP contribution is 2.62. The summed E-state index contributed by atoms with van der Waals surface area (Å²) in [5.74, 6) is 8.47. The van der Waals surface area contributed by atoms with E-state index in [1.807, 2.05) is 0 Å². The molecule has 0 heterocycles. The third-order valence-corrected chi connectivity index (χ3v) is 13.7. The smallest absolute Gasteiger partial charge is 0.0267 e. The summed E-state index contributed by atoms with van der Waals surface area (Å²) < 4.78 is 0. The summed E-state index contributed by atoms with van der Waals surface area (Å²) in [6.07, 6.45) is 26.5. The fourth-order valence-electron chi connectivity index (χ4n) is 11.1. The van der Waals surface area contributed by atoms with Crippen LogP contribution in [0.3, 0.4) is 0 Å². The fourth-order valence-corrected chi connectivity index (χ4v) is 11.1. The van der Waals surface area contributed by atoms with E-state index in [0.717, 1.165) is 63.6 Å². The molecule has 34 heavy (non-hydrogen) atoms. The van der Waals surface area contributed by atoms with E-state index in [0.29, 0.717) is 0 Å². The molecule has 196 valence electrons. The zero-order valence-electron chi connectivity index (χ0n) is 24.1. The summed E-state index contributed by atoms with van der Waals surface area (Å²) >= 11 is 0. The van der Waals surface area contributed by atoms with Crippen LogP contribution in [0.2, 0.25) is 0 Å². The monoisotopic (exact) mass is 468 g/mol. The van der Waals surface area contributed by atoms with Gasteiger partial charge in [-0.1, -0.05) is 41.5 Å². The first kappa shape index (κ1) is 25.6. The van der Waals surface area contributed by atoms with Gasteiger partial charge in [0.15, 0.2) is 0 Å². The van der Waals surface area contributed by atoms with E-state index in [4.69, 9.17) is 0 Å². The molecule has 9 aliphatic carbocycles. The van der Waals surface area contributed by atoms with Gasteiger partial charge in [-0.05, 0) is 173 Å². The largest absolute Gasteiger partial charge is 0.0622 e. The molecule has 9 saturated carbocycles. The molecule has 9 fully saturated rings. The van der Waals surface area contributed by atoms with Gasteiger partial charge in [-0.2, -0.15) is 0 Å². The minimum atomic E-state index is 0.786. The molecule has 9 rings (SSSR count). The predicted molar refractivity (Wildman–Crippen MR) is 148 cm³/mol. The molecule has 0 saturated heterocycles. The van der Waals surface area contributed by atoms with Gasteiger partial charge in [-0.25, -0.2) is 0 Å². The molecular weight excluding hydrogens is 408 g/mol. The van der Waals surface area contributed by atoms with Crippen LogP contribution in [-0.4, -0.2) is 0 Å². The molecule has 9 aliphatic rings. The Balaban J connectivity index is 0.000000107. The minimum Gasteiger partial charge on any atom is -0.0622 e. The highest BCUT2D eigenvalue weighted by molar-refractivity contribution is 5.02. The second-order valence-electron chi connectivity index (χ2n) is 16.1. The minimum absolute atomic E-state index is 0.786. The molecule has 0 spiro atoms. The van der Waals surface area contributed by atoms with Crippen molar-refractivity contribution in [3.8, 4) is 0 Å². The van der Waals surface area contributed by atoms with Crippen LogP contribution in [0.25, 0.3) is 0 Å². The van der Waals surface area contributed by atoms with Crippen LogP contribution in [0, 0.1) is 63.6 Å². The zero-order valence-corrected chi connectivity index (χ0v) is 24.1. The summed E-state index contributed by atoms with van der Waals surface area (Å²) in [6, 6.07) is 0. The van der Waals surface area contributed by atoms with Crippen molar-refractivity contribution >= 4 is 0 Å². The lowest BCUT2D eigenvalue weighted by molar-refractivity contribution is -0.0789. The van der Waals surface area contributed by atoms with Crippen LogP contribution < -0.4 is 0 Å². The highest BCUT2D eigenvalue weighted by atomic mass is 14.6. The molecule has 0 N–H and O–H groups in total. The van der Waals surface area contributed by atoms with Crippen molar-refractivity contribution in [2.75, 3.05) is 0 Å².